The van der Waals surface area contributed by atoms with Gasteiger partial charge in [0.05, 0.1) is 40.1 Å². The summed E-state index contributed by atoms with van der Waals surface area (Å²) in [7, 11) is -3.40. The van der Waals surface area contributed by atoms with Gasteiger partial charge in [-0.25, -0.2) is 18.4 Å². The van der Waals surface area contributed by atoms with Crippen LogP contribution < -0.4 is 10.5 Å². The molecule has 8 nitrogen and oxygen atoms in total. The number of H-pyrrole nitrogens is 1. The molecule has 0 spiro atoms. The van der Waals surface area contributed by atoms with Crippen molar-refractivity contribution >= 4 is 66.3 Å². The van der Waals surface area contributed by atoms with Crippen molar-refractivity contribution in [2.75, 3.05) is 11.0 Å². The summed E-state index contributed by atoms with van der Waals surface area (Å²) in [6, 6.07) is 1.77. The van der Waals surface area contributed by atoms with Crippen LogP contribution in [0, 0.1) is 0 Å². The molecule has 0 fully saturated rings. The maximum Gasteiger partial charge on any atom is 0.229 e. The Morgan fingerprint density at radius 1 is 1.48 bits per heavy atom. The lowest BCUT2D eigenvalue weighted by Crippen LogP contribution is -2.36. The number of pyridine rings is 1. The van der Waals surface area contributed by atoms with Crippen LogP contribution in [0.1, 0.15) is 18.5 Å². The Hall–Kier alpha value is -1.88. The molecule has 0 bridgehead atoms. The van der Waals surface area contributed by atoms with Crippen LogP contribution in [0.3, 0.4) is 0 Å². The van der Waals surface area contributed by atoms with Gasteiger partial charge in [-0.2, -0.15) is 0 Å². The lowest BCUT2D eigenvalue weighted by molar-refractivity contribution is 0.607. The van der Waals surface area contributed by atoms with Crippen molar-refractivity contribution < 1.29 is 8.42 Å². The zero-order valence-electron chi connectivity index (χ0n) is 13.3. The maximum atomic E-state index is 11.5. The predicted octanol–water partition coefficient (Wildman–Crippen LogP) is 1.74. The molecule has 0 radical (unpaired) electrons. The summed E-state index contributed by atoms with van der Waals surface area (Å²) in [5.41, 5.74) is 7.64. The Balaban J connectivity index is 2.00. The first-order chi connectivity index (χ1) is 11.7. The van der Waals surface area contributed by atoms with Crippen LogP contribution in [0.2, 0.25) is 0 Å². The number of nitrogens with two attached hydrogens (primary N) is 1. The highest BCUT2D eigenvalue weighted by Gasteiger charge is 2.24. The van der Waals surface area contributed by atoms with E-state index in [1.807, 2.05) is 6.92 Å². The lowest BCUT2D eigenvalue weighted by Gasteiger charge is -2.18. The number of fused-ring (bicyclic) bond motifs is 1. The van der Waals surface area contributed by atoms with Gasteiger partial charge in [0.15, 0.2) is 0 Å². The highest BCUT2D eigenvalue weighted by molar-refractivity contribution is 7.92. The summed E-state index contributed by atoms with van der Waals surface area (Å²) in [6.07, 6.45) is 3.57. The molecule has 11 heteroatoms. The Morgan fingerprint density at radius 2 is 2.20 bits per heavy atom. The molecule has 0 saturated carbocycles. The summed E-state index contributed by atoms with van der Waals surface area (Å²) in [6.45, 7) is 1.86. The highest BCUT2D eigenvalue weighted by Crippen LogP contribution is 2.27. The van der Waals surface area contributed by atoms with Crippen LogP contribution in [-0.4, -0.2) is 46.7 Å². The van der Waals surface area contributed by atoms with Gasteiger partial charge in [-0.3, -0.25) is 9.71 Å². The van der Waals surface area contributed by atoms with E-state index >= 15 is 0 Å². The SMILES string of the molecule is CC(C1=NC(N)C(=S)C(Cl)=N1)c1cc2c(NS(C)(=O)=O)c[nH]c2cn1. The third kappa shape index (κ3) is 3.71. The van der Waals surface area contributed by atoms with E-state index in [2.05, 4.69) is 24.7 Å². The first-order valence-electron chi connectivity index (χ1n) is 7.22. The molecule has 3 rings (SSSR count). The van der Waals surface area contributed by atoms with E-state index in [0.29, 0.717) is 33.0 Å². The fourth-order valence-corrected chi connectivity index (χ4v) is 3.27. The average molecular weight is 399 g/mol. The Bertz CT molecular complexity index is 1030. The molecule has 2 unspecified atom stereocenters. The van der Waals surface area contributed by atoms with E-state index in [1.165, 1.54) is 0 Å². The van der Waals surface area contributed by atoms with Crippen molar-refractivity contribution in [1.82, 2.24) is 9.97 Å². The molecule has 0 saturated heterocycles. The summed E-state index contributed by atoms with van der Waals surface area (Å²) in [4.78, 5) is 16.1. The van der Waals surface area contributed by atoms with Crippen LogP contribution >= 0.6 is 23.8 Å². The number of aromatic amines is 1. The number of hydrogen-bond acceptors (Lipinski definition) is 7. The lowest BCUT2D eigenvalue weighted by atomic mass is 10.0. The van der Waals surface area contributed by atoms with E-state index in [1.54, 1.807) is 18.5 Å². The van der Waals surface area contributed by atoms with Gasteiger partial charge >= 0.3 is 0 Å². The molecular formula is C14H15ClN6O2S2. The fourth-order valence-electron chi connectivity index (χ4n) is 2.41. The van der Waals surface area contributed by atoms with E-state index in [9.17, 15) is 8.42 Å². The smallest absolute Gasteiger partial charge is 0.229 e. The number of halogens is 1. The molecule has 4 N–H and O–H groups in total. The van der Waals surface area contributed by atoms with E-state index in [4.69, 9.17) is 29.6 Å². The van der Waals surface area contributed by atoms with E-state index in [0.717, 1.165) is 6.26 Å². The van der Waals surface area contributed by atoms with Crippen molar-refractivity contribution in [3.63, 3.8) is 0 Å². The largest absolute Gasteiger partial charge is 0.358 e. The number of hydrogen-bond donors (Lipinski definition) is 3. The van der Waals surface area contributed by atoms with Gasteiger partial charge in [0.2, 0.25) is 10.0 Å². The normalized spacial score (nSPS) is 19.5. The predicted molar refractivity (Wildman–Crippen MR) is 104 cm³/mol. The van der Waals surface area contributed by atoms with Gasteiger partial charge in [0, 0.05) is 11.6 Å². The molecule has 1 aliphatic rings. The Morgan fingerprint density at radius 3 is 2.84 bits per heavy atom. The molecule has 2 atom stereocenters. The zero-order valence-corrected chi connectivity index (χ0v) is 15.7. The number of amidine groups is 1. The maximum absolute atomic E-state index is 11.5. The number of aromatic nitrogens is 2. The zero-order chi connectivity index (χ0) is 18.4. The number of rotatable bonds is 4. The van der Waals surface area contributed by atoms with Gasteiger partial charge < -0.3 is 10.7 Å². The second-order valence-corrected chi connectivity index (χ2v) is 8.20. The van der Waals surface area contributed by atoms with Gasteiger partial charge in [0.1, 0.15) is 17.2 Å². The van der Waals surface area contributed by atoms with E-state index in [-0.39, 0.29) is 11.1 Å². The number of sulfonamides is 1. The third-order valence-electron chi connectivity index (χ3n) is 3.67. The summed E-state index contributed by atoms with van der Waals surface area (Å²) in [5.74, 6) is 0.124. The van der Waals surface area contributed by atoms with Crippen molar-refractivity contribution in [1.29, 1.82) is 0 Å². The molecule has 2 aromatic heterocycles. The number of anilines is 1. The molecule has 2 aromatic rings. The number of nitrogens with zero attached hydrogens (tertiary/aromatic N) is 3. The third-order valence-corrected chi connectivity index (χ3v) is 5.10. The number of aliphatic imine (C=N–C) groups is 2. The molecule has 0 aromatic carbocycles. The van der Waals surface area contributed by atoms with E-state index < -0.39 is 16.2 Å². The molecular weight excluding hydrogens is 384 g/mol. The van der Waals surface area contributed by atoms with Gasteiger partial charge in [-0.1, -0.05) is 23.8 Å². The minimum absolute atomic E-state index is 0.154. The molecule has 3 heterocycles. The average Bonchev–Trinajstić information content (AvgIpc) is 2.92. The van der Waals surface area contributed by atoms with Crippen molar-refractivity contribution in [2.24, 2.45) is 15.7 Å². The first kappa shape index (κ1) is 17.9. The number of nitrogens with one attached hydrogen (secondary N) is 2. The van der Waals surface area contributed by atoms with Crippen LogP contribution in [0.25, 0.3) is 10.9 Å². The second-order valence-electron chi connectivity index (χ2n) is 5.65. The van der Waals surface area contributed by atoms with Crippen molar-refractivity contribution in [3.05, 3.63) is 24.2 Å². The summed E-state index contributed by atoms with van der Waals surface area (Å²) in [5, 5.41) is 0.843. The topological polar surface area (TPSA) is 126 Å². The quantitative estimate of drug-likeness (QED) is 0.676. The summed E-state index contributed by atoms with van der Waals surface area (Å²) >= 11 is 11.1. The monoisotopic (exact) mass is 398 g/mol. The fraction of sp³-hybridized carbons (Fsp3) is 0.286. The highest BCUT2D eigenvalue weighted by atomic mass is 35.5. The van der Waals surface area contributed by atoms with Gasteiger partial charge in [0.25, 0.3) is 0 Å². The van der Waals surface area contributed by atoms with Gasteiger partial charge in [-0.05, 0) is 13.0 Å². The number of thiocarbonyl (C=S) groups is 1. The second kappa shape index (κ2) is 6.45. The van der Waals surface area contributed by atoms with Crippen molar-refractivity contribution in [2.45, 2.75) is 19.0 Å². The van der Waals surface area contributed by atoms with Crippen LogP contribution in [0.15, 0.2) is 28.4 Å². The molecule has 0 amide bonds. The van der Waals surface area contributed by atoms with Crippen molar-refractivity contribution in [3.8, 4) is 0 Å². The molecule has 132 valence electrons. The van der Waals surface area contributed by atoms with Crippen LogP contribution in [-0.2, 0) is 10.0 Å². The Labute approximate surface area is 154 Å². The van der Waals surface area contributed by atoms with Crippen LogP contribution in [0.4, 0.5) is 5.69 Å². The summed E-state index contributed by atoms with van der Waals surface area (Å²) < 4.78 is 25.5. The minimum Gasteiger partial charge on any atom is -0.358 e. The molecule has 1 aliphatic heterocycles. The Kier molecular flexibility index (Phi) is 4.62. The van der Waals surface area contributed by atoms with Gasteiger partial charge in [-0.15, -0.1) is 0 Å². The van der Waals surface area contributed by atoms with Crippen LogP contribution in [0.5, 0.6) is 0 Å². The minimum atomic E-state index is -3.40. The standard InChI is InChI=1S/C14H15ClN6O2S2/c1-6(14-19-12(15)11(24)13(16)20-14)8-3-7-9(4-17-8)18-5-10(7)21-25(2,22)23/h3-6,13,18,21H,16H2,1-2H3. The first-order valence-corrected chi connectivity index (χ1v) is 9.90. The molecule has 0 aliphatic carbocycles. The molecule has 25 heavy (non-hydrogen) atoms.